The number of rotatable bonds is 9. The lowest BCUT2D eigenvalue weighted by Gasteiger charge is -2.17. The van der Waals surface area contributed by atoms with Crippen LogP contribution in [-0.4, -0.2) is 50.2 Å². The zero-order valence-corrected chi connectivity index (χ0v) is 12.9. The van der Waals surface area contributed by atoms with Crippen molar-refractivity contribution in [1.82, 2.24) is 10.2 Å². The highest BCUT2D eigenvalue weighted by molar-refractivity contribution is 6.30. The van der Waals surface area contributed by atoms with Gasteiger partial charge in [-0.3, -0.25) is 4.79 Å². The third-order valence-electron chi connectivity index (χ3n) is 3.08. The van der Waals surface area contributed by atoms with Crippen molar-refractivity contribution < 1.29 is 9.53 Å². The van der Waals surface area contributed by atoms with Gasteiger partial charge in [-0.15, -0.1) is 0 Å². The first-order valence-corrected chi connectivity index (χ1v) is 7.39. The molecule has 0 saturated carbocycles. The van der Waals surface area contributed by atoms with E-state index in [4.69, 9.17) is 16.3 Å². The fourth-order valence-electron chi connectivity index (χ4n) is 1.78. The molecule has 5 heteroatoms. The molecule has 1 N–H and O–H groups in total. The molecule has 112 valence electrons. The maximum atomic E-state index is 11.8. The van der Waals surface area contributed by atoms with E-state index in [1.165, 1.54) is 0 Å². The maximum absolute atomic E-state index is 11.8. The number of ether oxygens (including phenoxy) is 1. The average molecular weight is 299 g/mol. The van der Waals surface area contributed by atoms with Gasteiger partial charge in [-0.2, -0.15) is 0 Å². The van der Waals surface area contributed by atoms with Crippen molar-refractivity contribution in [3.05, 3.63) is 34.9 Å². The number of carbonyl (C=O) groups is 1. The fraction of sp³-hybridized carbons (Fsp3) is 0.533. The molecule has 1 rings (SSSR count). The molecule has 1 aromatic rings. The number of benzene rings is 1. The molecule has 0 aliphatic heterocycles. The Kier molecular flexibility index (Phi) is 8.26. The molecule has 1 aromatic carbocycles. The topological polar surface area (TPSA) is 41.6 Å². The number of hydrogen-bond acceptors (Lipinski definition) is 3. The largest absolute Gasteiger partial charge is 0.378 e. The van der Waals surface area contributed by atoms with E-state index in [1.807, 2.05) is 0 Å². The molecule has 0 aromatic heterocycles. The third kappa shape index (κ3) is 6.37. The van der Waals surface area contributed by atoms with E-state index in [1.54, 1.807) is 24.3 Å². The van der Waals surface area contributed by atoms with Gasteiger partial charge in [0.25, 0.3) is 5.91 Å². The van der Waals surface area contributed by atoms with Gasteiger partial charge >= 0.3 is 0 Å². The standard InChI is InChI=1S/C15H23ClN2O2/c1-3-18(4-2)10-12-20-11-9-17-15(19)13-5-7-14(16)8-6-13/h5-8H,3-4,9-12H2,1-2H3,(H,17,19). The molecule has 0 aliphatic rings. The Morgan fingerprint density at radius 1 is 1.20 bits per heavy atom. The summed E-state index contributed by atoms with van der Waals surface area (Å²) in [6.07, 6.45) is 0. The van der Waals surface area contributed by atoms with E-state index in [0.29, 0.717) is 30.3 Å². The number of carbonyl (C=O) groups excluding carboxylic acids is 1. The first-order valence-electron chi connectivity index (χ1n) is 7.01. The summed E-state index contributed by atoms with van der Waals surface area (Å²) in [7, 11) is 0. The molecule has 0 radical (unpaired) electrons. The summed E-state index contributed by atoms with van der Waals surface area (Å²) in [5, 5.41) is 3.44. The van der Waals surface area contributed by atoms with Crippen molar-refractivity contribution in [2.45, 2.75) is 13.8 Å². The van der Waals surface area contributed by atoms with E-state index in [-0.39, 0.29) is 5.91 Å². The van der Waals surface area contributed by atoms with E-state index in [2.05, 4.69) is 24.1 Å². The second-order valence-corrected chi connectivity index (χ2v) is 4.84. The van der Waals surface area contributed by atoms with Crippen molar-refractivity contribution in [2.75, 3.05) is 39.4 Å². The quantitative estimate of drug-likeness (QED) is 0.712. The number of hydrogen-bond donors (Lipinski definition) is 1. The van der Waals surface area contributed by atoms with Gasteiger partial charge in [0.1, 0.15) is 0 Å². The maximum Gasteiger partial charge on any atom is 0.251 e. The molecule has 20 heavy (non-hydrogen) atoms. The normalized spacial score (nSPS) is 10.8. The van der Waals surface area contributed by atoms with E-state index in [0.717, 1.165) is 19.6 Å². The van der Waals surface area contributed by atoms with Crippen LogP contribution in [0, 0.1) is 0 Å². The zero-order valence-electron chi connectivity index (χ0n) is 12.2. The number of nitrogens with one attached hydrogen (secondary N) is 1. The molecule has 0 spiro atoms. The van der Waals surface area contributed by atoms with Crippen LogP contribution in [0.2, 0.25) is 5.02 Å². The molecule has 0 saturated heterocycles. The van der Waals surface area contributed by atoms with Crippen LogP contribution in [-0.2, 0) is 4.74 Å². The molecular formula is C15H23ClN2O2. The second kappa shape index (κ2) is 9.75. The first kappa shape index (κ1) is 17.0. The van der Waals surface area contributed by atoms with Crippen molar-refractivity contribution >= 4 is 17.5 Å². The third-order valence-corrected chi connectivity index (χ3v) is 3.34. The summed E-state index contributed by atoms with van der Waals surface area (Å²) in [5.74, 6) is -0.103. The molecule has 0 atom stereocenters. The summed E-state index contributed by atoms with van der Waals surface area (Å²) in [5.41, 5.74) is 0.609. The van der Waals surface area contributed by atoms with Crippen LogP contribution < -0.4 is 5.32 Å². The Morgan fingerprint density at radius 2 is 1.85 bits per heavy atom. The molecule has 0 bridgehead atoms. The minimum Gasteiger partial charge on any atom is -0.378 e. The van der Waals surface area contributed by atoms with Crippen molar-refractivity contribution in [2.24, 2.45) is 0 Å². The average Bonchev–Trinajstić information content (AvgIpc) is 2.47. The van der Waals surface area contributed by atoms with E-state index >= 15 is 0 Å². The highest BCUT2D eigenvalue weighted by Crippen LogP contribution is 2.09. The molecule has 0 heterocycles. The van der Waals surface area contributed by atoms with Crippen molar-refractivity contribution in [1.29, 1.82) is 0 Å². The Hall–Kier alpha value is -1.10. The van der Waals surface area contributed by atoms with E-state index < -0.39 is 0 Å². The molecule has 1 amide bonds. The van der Waals surface area contributed by atoms with Crippen LogP contribution in [0.15, 0.2) is 24.3 Å². The van der Waals surface area contributed by atoms with Crippen LogP contribution >= 0.6 is 11.6 Å². The molecule has 0 unspecified atom stereocenters. The van der Waals surface area contributed by atoms with Crippen LogP contribution in [0.5, 0.6) is 0 Å². The lowest BCUT2D eigenvalue weighted by molar-refractivity contribution is 0.0884. The molecular weight excluding hydrogens is 276 g/mol. The second-order valence-electron chi connectivity index (χ2n) is 4.40. The highest BCUT2D eigenvalue weighted by Gasteiger charge is 2.04. The lowest BCUT2D eigenvalue weighted by Crippen LogP contribution is -2.30. The fourth-order valence-corrected chi connectivity index (χ4v) is 1.90. The number of likely N-dealkylation sites (N-methyl/N-ethyl adjacent to an activating group) is 1. The molecule has 0 fully saturated rings. The molecule has 4 nitrogen and oxygen atoms in total. The van der Waals surface area contributed by atoms with Crippen LogP contribution in [0.3, 0.4) is 0 Å². The van der Waals surface area contributed by atoms with Gasteiger partial charge in [0.15, 0.2) is 0 Å². The lowest BCUT2D eigenvalue weighted by atomic mass is 10.2. The molecule has 0 aliphatic carbocycles. The summed E-state index contributed by atoms with van der Waals surface area (Å²) < 4.78 is 5.50. The van der Waals surface area contributed by atoms with E-state index in [9.17, 15) is 4.79 Å². The summed E-state index contributed by atoms with van der Waals surface area (Å²) in [6.45, 7) is 9.00. The minimum atomic E-state index is -0.103. The van der Waals surface area contributed by atoms with Crippen LogP contribution in [0.25, 0.3) is 0 Å². The minimum absolute atomic E-state index is 0.103. The van der Waals surface area contributed by atoms with Crippen molar-refractivity contribution in [3.63, 3.8) is 0 Å². The van der Waals surface area contributed by atoms with Gasteiger partial charge in [0.05, 0.1) is 13.2 Å². The predicted molar refractivity (Wildman–Crippen MR) is 82.4 cm³/mol. The Bertz CT molecular complexity index is 391. The van der Waals surface area contributed by atoms with Crippen LogP contribution in [0.1, 0.15) is 24.2 Å². The summed E-state index contributed by atoms with van der Waals surface area (Å²) in [4.78, 5) is 14.1. The van der Waals surface area contributed by atoms with Crippen molar-refractivity contribution in [3.8, 4) is 0 Å². The smallest absolute Gasteiger partial charge is 0.251 e. The summed E-state index contributed by atoms with van der Waals surface area (Å²) in [6, 6.07) is 6.83. The SMILES string of the molecule is CCN(CC)CCOCCNC(=O)c1ccc(Cl)cc1. The monoisotopic (exact) mass is 298 g/mol. The zero-order chi connectivity index (χ0) is 14.8. The van der Waals surface area contributed by atoms with Gasteiger partial charge < -0.3 is 15.0 Å². The number of amides is 1. The Labute approximate surface area is 126 Å². The Morgan fingerprint density at radius 3 is 2.45 bits per heavy atom. The predicted octanol–water partition coefficient (Wildman–Crippen LogP) is 2.43. The van der Waals surface area contributed by atoms with Crippen LogP contribution in [0.4, 0.5) is 0 Å². The first-order chi connectivity index (χ1) is 9.67. The highest BCUT2D eigenvalue weighted by atomic mass is 35.5. The number of halogens is 1. The van der Waals surface area contributed by atoms with Gasteiger partial charge in [-0.1, -0.05) is 25.4 Å². The van der Waals surface area contributed by atoms with Gasteiger partial charge in [0.2, 0.25) is 0 Å². The van der Waals surface area contributed by atoms with Gasteiger partial charge in [-0.25, -0.2) is 0 Å². The Balaban J connectivity index is 2.12. The van der Waals surface area contributed by atoms with Gasteiger partial charge in [0, 0.05) is 23.7 Å². The van der Waals surface area contributed by atoms with Gasteiger partial charge in [-0.05, 0) is 37.4 Å². The number of nitrogens with zero attached hydrogens (tertiary/aromatic N) is 1. The summed E-state index contributed by atoms with van der Waals surface area (Å²) >= 11 is 5.77.